The fraction of sp³-hybridized carbons (Fsp3) is 0.227. The number of halogens is 3. The van der Waals surface area contributed by atoms with Crippen LogP contribution in [0.4, 0.5) is 21.6 Å². The third-order valence-corrected chi connectivity index (χ3v) is 5.38. The number of hydrogen-bond donors (Lipinski definition) is 2. The Balaban J connectivity index is 1.72. The molecule has 2 N–H and O–H groups in total. The summed E-state index contributed by atoms with van der Waals surface area (Å²) >= 11 is 9.15. The normalized spacial score (nSPS) is 15.9. The van der Waals surface area contributed by atoms with E-state index in [1.807, 2.05) is 0 Å². The number of benzene rings is 2. The molecule has 4 rings (SSSR count). The summed E-state index contributed by atoms with van der Waals surface area (Å²) in [4.78, 5) is 21.0. The van der Waals surface area contributed by atoms with Gasteiger partial charge in [-0.15, -0.1) is 0 Å². The molecule has 1 amide bonds. The molecule has 0 aliphatic carbocycles. The quantitative estimate of drug-likeness (QED) is 0.327. The van der Waals surface area contributed by atoms with Gasteiger partial charge in [-0.3, -0.25) is 4.79 Å². The molecule has 1 saturated heterocycles. The first-order chi connectivity index (χ1) is 15.5. The molecule has 166 valence electrons. The van der Waals surface area contributed by atoms with Crippen molar-refractivity contribution in [1.82, 2.24) is 9.97 Å². The average molecular weight is 522 g/mol. The monoisotopic (exact) mass is 520 g/mol. The number of carbonyl (C=O) groups is 1. The number of fused-ring (bicyclic) bond motifs is 1. The molecule has 1 fully saturated rings. The Kier molecular flexibility index (Phi) is 7.19. The summed E-state index contributed by atoms with van der Waals surface area (Å²) < 4.78 is 25.0. The maximum absolute atomic E-state index is 13.5. The summed E-state index contributed by atoms with van der Waals surface area (Å²) in [6.07, 6.45) is 5.19. The Bertz CT molecular complexity index is 1170. The van der Waals surface area contributed by atoms with Crippen LogP contribution in [0.2, 0.25) is 5.02 Å². The van der Waals surface area contributed by atoms with E-state index in [1.165, 1.54) is 24.5 Å². The summed E-state index contributed by atoms with van der Waals surface area (Å²) in [6.45, 7) is 1.11. The van der Waals surface area contributed by atoms with Crippen LogP contribution in [0.5, 0.6) is 5.75 Å². The summed E-state index contributed by atoms with van der Waals surface area (Å²) in [5.74, 6) is 0.153. The van der Waals surface area contributed by atoms with E-state index in [9.17, 15) is 9.18 Å². The Morgan fingerprint density at radius 3 is 2.97 bits per heavy atom. The van der Waals surface area contributed by atoms with Crippen LogP contribution in [0.25, 0.3) is 10.9 Å². The molecule has 1 aliphatic rings. The SMILES string of the molecule is O=C(C=CCBr)Nc1cc2c(Nc3ccc(F)c(Cl)c3)ncnc2cc1O[C@H]1CCOC1. The molecule has 1 aromatic heterocycles. The lowest BCUT2D eigenvalue weighted by Gasteiger charge is -2.17. The minimum absolute atomic E-state index is 0.00522. The fourth-order valence-corrected chi connectivity index (χ4v) is 3.57. The molecule has 3 aromatic rings. The number of rotatable bonds is 7. The van der Waals surface area contributed by atoms with Gasteiger partial charge in [0.15, 0.2) is 0 Å². The second-order valence-electron chi connectivity index (χ2n) is 6.99. The highest BCUT2D eigenvalue weighted by Gasteiger charge is 2.20. The zero-order chi connectivity index (χ0) is 22.5. The third-order valence-electron chi connectivity index (χ3n) is 4.72. The molecule has 1 atom stereocenters. The van der Waals surface area contributed by atoms with Crippen molar-refractivity contribution in [3.63, 3.8) is 0 Å². The highest BCUT2D eigenvalue weighted by Crippen LogP contribution is 2.35. The molecule has 2 heterocycles. The number of hydrogen-bond acceptors (Lipinski definition) is 6. The second kappa shape index (κ2) is 10.2. The molecule has 0 bridgehead atoms. The molecule has 1 aliphatic heterocycles. The smallest absolute Gasteiger partial charge is 0.248 e. The summed E-state index contributed by atoms with van der Waals surface area (Å²) in [5.41, 5.74) is 1.65. The largest absolute Gasteiger partial charge is 0.486 e. The van der Waals surface area contributed by atoms with Crippen LogP contribution < -0.4 is 15.4 Å². The topological polar surface area (TPSA) is 85.4 Å². The Labute approximate surface area is 197 Å². The van der Waals surface area contributed by atoms with Crippen LogP contribution in [0.1, 0.15) is 6.42 Å². The molecule has 0 spiro atoms. The Hall–Kier alpha value is -2.75. The van der Waals surface area contributed by atoms with Crippen molar-refractivity contribution in [2.24, 2.45) is 0 Å². The number of alkyl halides is 1. The van der Waals surface area contributed by atoms with E-state index in [4.69, 9.17) is 21.1 Å². The van der Waals surface area contributed by atoms with Gasteiger partial charge in [0.1, 0.15) is 29.8 Å². The van der Waals surface area contributed by atoms with Crippen molar-refractivity contribution in [3.8, 4) is 5.75 Å². The van der Waals surface area contributed by atoms with Gasteiger partial charge in [-0.25, -0.2) is 14.4 Å². The fourth-order valence-electron chi connectivity index (χ4n) is 3.20. The van der Waals surface area contributed by atoms with Crippen LogP contribution in [0, 0.1) is 5.82 Å². The van der Waals surface area contributed by atoms with Gasteiger partial charge in [0.25, 0.3) is 0 Å². The zero-order valence-electron chi connectivity index (χ0n) is 16.8. The molecule has 7 nitrogen and oxygen atoms in total. The van der Waals surface area contributed by atoms with Gasteiger partial charge in [-0.2, -0.15) is 0 Å². The Morgan fingerprint density at radius 2 is 2.22 bits per heavy atom. The van der Waals surface area contributed by atoms with Crippen LogP contribution in [-0.2, 0) is 9.53 Å². The first-order valence-corrected chi connectivity index (χ1v) is 11.3. The van der Waals surface area contributed by atoms with Crippen molar-refractivity contribution >= 4 is 61.5 Å². The van der Waals surface area contributed by atoms with Gasteiger partial charge in [0.05, 0.1) is 29.4 Å². The van der Waals surface area contributed by atoms with E-state index in [2.05, 4.69) is 36.5 Å². The van der Waals surface area contributed by atoms with E-state index in [0.717, 1.165) is 6.42 Å². The van der Waals surface area contributed by atoms with E-state index in [1.54, 1.807) is 24.3 Å². The molecular formula is C22H19BrClFN4O3. The van der Waals surface area contributed by atoms with Crippen molar-refractivity contribution in [2.75, 3.05) is 29.2 Å². The average Bonchev–Trinajstić information content (AvgIpc) is 3.29. The summed E-state index contributed by atoms with van der Waals surface area (Å²) in [5, 5.41) is 7.17. The van der Waals surface area contributed by atoms with Gasteiger partial charge in [0, 0.05) is 35.0 Å². The summed E-state index contributed by atoms with van der Waals surface area (Å²) in [7, 11) is 0. The molecule has 32 heavy (non-hydrogen) atoms. The van der Waals surface area contributed by atoms with Gasteiger partial charge in [0.2, 0.25) is 5.91 Å². The number of carbonyl (C=O) groups excluding carboxylic acids is 1. The van der Waals surface area contributed by atoms with Crippen LogP contribution in [-0.4, -0.2) is 40.5 Å². The first kappa shape index (κ1) is 22.4. The predicted molar refractivity (Wildman–Crippen MR) is 126 cm³/mol. The van der Waals surface area contributed by atoms with Crippen LogP contribution >= 0.6 is 27.5 Å². The van der Waals surface area contributed by atoms with E-state index in [-0.39, 0.29) is 17.0 Å². The lowest BCUT2D eigenvalue weighted by molar-refractivity contribution is -0.111. The number of amides is 1. The van der Waals surface area contributed by atoms with E-state index >= 15 is 0 Å². The van der Waals surface area contributed by atoms with Crippen LogP contribution in [0.3, 0.4) is 0 Å². The minimum Gasteiger partial charge on any atom is -0.486 e. The number of allylic oxidation sites excluding steroid dienone is 1. The number of nitrogens with one attached hydrogen (secondary N) is 2. The van der Waals surface area contributed by atoms with Crippen LogP contribution in [0.15, 0.2) is 48.8 Å². The molecule has 10 heteroatoms. The molecule has 0 saturated carbocycles. The third kappa shape index (κ3) is 5.35. The number of anilines is 3. The predicted octanol–water partition coefficient (Wildman–Crippen LogP) is 5.22. The van der Waals surface area contributed by atoms with E-state index in [0.29, 0.717) is 52.4 Å². The maximum Gasteiger partial charge on any atom is 0.248 e. The minimum atomic E-state index is -0.510. The molecule has 2 aromatic carbocycles. The van der Waals surface area contributed by atoms with Crippen molar-refractivity contribution in [3.05, 3.63) is 59.7 Å². The molecule has 0 radical (unpaired) electrons. The standard InChI is InChI=1S/C22H19BrClFN4O3/c23-6-1-2-21(30)29-19-9-15-18(10-20(19)32-14-5-7-31-11-14)26-12-27-22(15)28-13-3-4-17(25)16(24)8-13/h1-4,8-10,12,14H,5-7,11H2,(H,29,30)(H,26,27,28)/t14-/m0/s1. The highest BCUT2D eigenvalue weighted by molar-refractivity contribution is 9.09. The van der Waals surface area contributed by atoms with Gasteiger partial charge < -0.3 is 20.1 Å². The zero-order valence-corrected chi connectivity index (χ0v) is 19.1. The van der Waals surface area contributed by atoms with Crippen molar-refractivity contribution < 1.29 is 18.7 Å². The highest BCUT2D eigenvalue weighted by atomic mass is 79.9. The first-order valence-electron chi connectivity index (χ1n) is 9.82. The summed E-state index contributed by atoms with van der Waals surface area (Å²) in [6, 6.07) is 7.79. The van der Waals surface area contributed by atoms with E-state index < -0.39 is 5.82 Å². The van der Waals surface area contributed by atoms with Crippen molar-refractivity contribution in [1.29, 1.82) is 0 Å². The lowest BCUT2D eigenvalue weighted by Crippen LogP contribution is -2.18. The Morgan fingerprint density at radius 1 is 1.34 bits per heavy atom. The van der Waals surface area contributed by atoms with Gasteiger partial charge in [-0.1, -0.05) is 33.6 Å². The molecular weight excluding hydrogens is 503 g/mol. The molecule has 0 unspecified atom stereocenters. The maximum atomic E-state index is 13.5. The number of nitrogens with zero attached hydrogens (tertiary/aromatic N) is 2. The van der Waals surface area contributed by atoms with Crippen molar-refractivity contribution in [2.45, 2.75) is 12.5 Å². The number of ether oxygens (including phenoxy) is 2. The second-order valence-corrected chi connectivity index (χ2v) is 8.05. The van der Waals surface area contributed by atoms with Gasteiger partial charge >= 0.3 is 0 Å². The lowest BCUT2D eigenvalue weighted by atomic mass is 10.1. The van der Waals surface area contributed by atoms with Gasteiger partial charge in [-0.05, 0) is 24.3 Å². The number of aromatic nitrogens is 2.